The molecule has 5 aromatic rings. The van der Waals surface area contributed by atoms with E-state index in [1.54, 1.807) is 27.0 Å². The molecule has 0 saturated heterocycles. The third-order valence-electron chi connectivity index (χ3n) is 5.92. The Morgan fingerprint density at radius 1 is 1.11 bits per heavy atom. The lowest BCUT2D eigenvalue weighted by Gasteiger charge is -2.13. The second-order valence-corrected chi connectivity index (χ2v) is 8.34. The number of ether oxygens (including phenoxy) is 2. The first kappa shape index (κ1) is 24.4. The number of benzene rings is 3. The maximum atomic E-state index is 12.9. The van der Waals surface area contributed by atoms with Crippen LogP contribution >= 0.6 is 0 Å². The number of carbonyl (C=O) groups is 1. The molecule has 0 aliphatic heterocycles. The minimum absolute atomic E-state index is 0.0292. The molecule has 0 radical (unpaired) electrons. The van der Waals surface area contributed by atoms with Crippen LogP contribution in [0.2, 0.25) is 0 Å². The van der Waals surface area contributed by atoms with Crippen LogP contribution in [0.5, 0.6) is 11.5 Å². The molecule has 12 heteroatoms. The predicted molar refractivity (Wildman–Crippen MR) is 139 cm³/mol. The zero-order valence-electron chi connectivity index (χ0n) is 20.9. The topological polar surface area (TPSA) is 156 Å². The molecule has 3 N–H and O–H groups in total. The number of anilines is 1. The van der Waals surface area contributed by atoms with Gasteiger partial charge in [-0.05, 0) is 58.7 Å². The van der Waals surface area contributed by atoms with Crippen molar-refractivity contribution in [1.29, 1.82) is 0 Å². The molecule has 5 rings (SSSR count). The van der Waals surface area contributed by atoms with Crippen LogP contribution in [0.1, 0.15) is 34.2 Å². The van der Waals surface area contributed by atoms with E-state index in [-0.39, 0.29) is 17.3 Å². The molecule has 0 fully saturated rings. The summed E-state index contributed by atoms with van der Waals surface area (Å²) in [7, 11) is 1.57. The summed E-state index contributed by atoms with van der Waals surface area (Å²) in [4.78, 5) is 12.9. The van der Waals surface area contributed by atoms with Crippen molar-refractivity contribution >= 4 is 28.2 Å². The van der Waals surface area contributed by atoms with Gasteiger partial charge in [0.05, 0.1) is 18.5 Å². The number of hydrogen-bond acceptors (Lipinski definition) is 10. The molecular weight excluding hydrogens is 488 g/mol. The van der Waals surface area contributed by atoms with Crippen molar-refractivity contribution in [1.82, 2.24) is 30.7 Å². The van der Waals surface area contributed by atoms with Crippen LogP contribution in [0, 0.1) is 6.92 Å². The first-order valence-corrected chi connectivity index (χ1v) is 11.6. The standard InChI is InChI=1S/C26H24N8O4/c1-15(28-30-26(35)23-16(2)29-33-34(23)25-24(27)31-38-32-25)18-11-12-21(22(13-18)36-3)37-14-19-9-6-8-17-7-4-5-10-20(17)19/h4-13H,14H2,1-3H3,(H2,27,31)(H,30,35). The van der Waals surface area contributed by atoms with Crippen molar-refractivity contribution in [3.05, 3.63) is 83.2 Å². The van der Waals surface area contributed by atoms with E-state index in [0.29, 0.717) is 29.5 Å². The van der Waals surface area contributed by atoms with E-state index in [1.807, 2.05) is 36.4 Å². The summed E-state index contributed by atoms with van der Waals surface area (Å²) in [5.41, 5.74) is 11.0. The van der Waals surface area contributed by atoms with Crippen LogP contribution < -0.4 is 20.6 Å². The van der Waals surface area contributed by atoms with Crippen molar-refractivity contribution in [2.75, 3.05) is 12.8 Å². The Balaban J connectivity index is 1.32. The Morgan fingerprint density at radius 3 is 2.71 bits per heavy atom. The van der Waals surface area contributed by atoms with E-state index in [4.69, 9.17) is 15.2 Å². The molecule has 192 valence electrons. The second kappa shape index (κ2) is 10.4. The monoisotopic (exact) mass is 512 g/mol. The molecular formula is C26H24N8O4. The van der Waals surface area contributed by atoms with Crippen LogP contribution in [0.15, 0.2) is 70.4 Å². The number of aryl methyl sites for hydroxylation is 1. The first-order valence-electron chi connectivity index (χ1n) is 11.6. The lowest BCUT2D eigenvalue weighted by Crippen LogP contribution is -2.24. The summed E-state index contributed by atoms with van der Waals surface area (Å²) in [5.74, 6) is 0.594. The molecule has 0 atom stereocenters. The summed E-state index contributed by atoms with van der Waals surface area (Å²) in [6, 6.07) is 19.7. The minimum atomic E-state index is -0.559. The van der Waals surface area contributed by atoms with Crippen LogP contribution in [0.3, 0.4) is 0 Å². The number of hydrogen-bond donors (Lipinski definition) is 2. The Bertz CT molecular complexity index is 1650. The van der Waals surface area contributed by atoms with Crippen molar-refractivity contribution in [3.63, 3.8) is 0 Å². The number of methoxy groups -OCH3 is 1. The van der Waals surface area contributed by atoms with Gasteiger partial charge in [-0.1, -0.05) is 47.7 Å². The normalized spacial score (nSPS) is 11.5. The summed E-state index contributed by atoms with van der Waals surface area (Å²) in [6.07, 6.45) is 0. The molecule has 0 aliphatic rings. The highest BCUT2D eigenvalue weighted by atomic mass is 16.6. The van der Waals surface area contributed by atoms with Crippen molar-refractivity contribution < 1.29 is 18.9 Å². The lowest BCUT2D eigenvalue weighted by atomic mass is 10.1. The van der Waals surface area contributed by atoms with E-state index in [1.165, 1.54) is 0 Å². The van der Waals surface area contributed by atoms with Crippen molar-refractivity contribution in [2.45, 2.75) is 20.5 Å². The van der Waals surface area contributed by atoms with Gasteiger partial charge < -0.3 is 15.2 Å². The van der Waals surface area contributed by atoms with E-state index < -0.39 is 5.91 Å². The van der Waals surface area contributed by atoms with E-state index in [2.05, 4.69) is 54.0 Å². The Hall–Kier alpha value is -5.26. The number of carbonyl (C=O) groups excluding carboxylic acids is 1. The largest absolute Gasteiger partial charge is 0.493 e. The van der Waals surface area contributed by atoms with Gasteiger partial charge in [-0.25, -0.2) is 10.1 Å². The van der Waals surface area contributed by atoms with E-state index in [9.17, 15) is 4.79 Å². The summed E-state index contributed by atoms with van der Waals surface area (Å²) < 4.78 is 17.4. The highest BCUT2D eigenvalue weighted by Gasteiger charge is 2.23. The summed E-state index contributed by atoms with van der Waals surface area (Å²) in [6.45, 7) is 3.76. The average Bonchev–Trinajstić information content (AvgIpc) is 3.54. The lowest BCUT2D eigenvalue weighted by molar-refractivity contribution is 0.0946. The molecule has 2 aromatic heterocycles. The van der Waals surface area contributed by atoms with Gasteiger partial charge in [0.2, 0.25) is 11.6 Å². The minimum Gasteiger partial charge on any atom is -0.493 e. The fraction of sp³-hybridized carbons (Fsp3) is 0.154. The quantitative estimate of drug-likeness (QED) is 0.235. The predicted octanol–water partition coefficient (Wildman–Crippen LogP) is 3.44. The van der Waals surface area contributed by atoms with Crippen molar-refractivity contribution in [2.24, 2.45) is 5.10 Å². The molecule has 1 amide bonds. The van der Waals surface area contributed by atoms with Crippen LogP contribution in [0.4, 0.5) is 5.82 Å². The van der Waals surface area contributed by atoms with Gasteiger partial charge in [-0.15, -0.1) is 5.10 Å². The number of nitrogen functional groups attached to an aromatic ring is 1. The molecule has 2 heterocycles. The number of hydrazone groups is 1. The molecule has 0 bridgehead atoms. The highest BCUT2D eigenvalue weighted by Crippen LogP contribution is 2.30. The van der Waals surface area contributed by atoms with Gasteiger partial charge in [-0.2, -0.15) is 9.78 Å². The van der Waals surface area contributed by atoms with Crippen LogP contribution in [0.25, 0.3) is 16.6 Å². The number of nitrogens with one attached hydrogen (secondary N) is 1. The van der Waals surface area contributed by atoms with Crippen LogP contribution in [-0.4, -0.2) is 44.0 Å². The Labute approximate surface area is 217 Å². The van der Waals surface area contributed by atoms with E-state index >= 15 is 0 Å². The number of fused-ring (bicyclic) bond motifs is 1. The molecule has 0 spiro atoms. The Kier molecular flexibility index (Phi) is 6.68. The zero-order chi connectivity index (χ0) is 26.6. The molecule has 38 heavy (non-hydrogen) atoms. The van der Waals surface area contributed by atoms with Crippen molar-refractivity contribution in [3.8, 4) is 17.3 Å². The molecule has 3 aromatic carbocycles. The maximum absolute atomic E-state index is 12.9. The number of nitrogens with two attached hydrogens (primary N) is 1. The van der Waals surface area contributed by atoms with Gasteiger partial charge in [-0.3, -0.25) is 4.79 Å². The van der Waals surface area contributed by atoms with Gasteiger partial charge in [0.15, 0.2) is 17.2 Å². The molecule has 12 nitrogen and oxygen atoms in total. The number of nitrogens with zero attached hydrogens (tertiary/aromatic N) is 6. The van der Waals surface area contributed by atoms with Gasteiger partial charge in [0, 0.05) is 5.56 Å². The number of amides is 1. The Morgan fingerprint density at radius 2 is 1.92 bits per heavy atom. The second-order valence-electron chi connectivity index (χ2n) is 8.34. The third kappa shape index (κ3) is 4.74. The fourth-order valence-electron chi connectivity index (χ4n) is 3.94. The SMILES string of the molecule is COc1cc(C(C)=NNC(=O)c2c(C)nnn2-c2nonc2N)ccc1OCc1cccc2ccccc12. The summed E-state index contributed by atoms with van der Waals surface area (Å²) >= 11 is 0. The molecule has 0 aliphatic carbocycles. The van der Waals surface area contributed by atoms with Gasteiger partial charge in [0.1, 0.15) is 6.61 Å². The maximum Gasteiger partial charge on any atom is 0.292 e. The van der Waals surface area contributed by atoms with E-state index in [0.717, 1.165) is 26.6 Å². The molecule has 0 saturated carbocycles. The first-order chi connectivity index (χ1) is 18.5. The average molecular weight is 513 g/mol. The summed E-state index contributed by atoms with van der Waals surface area (Å²) in [5, 5.41) is 21.5. The number of aromatic nitrogens is 5. The molecule has 0 unspecified atom stereocenters. The smallest absolute Gasteiger partial charge is 0.292 e. The van der Waals surface area contributed by atoms with Crippen LogP contribution in [-0.2, 0) is 6.61 Å². The van der Waals surface area contributed by atoms with Gasteiger partial charge >= 0.3 is 0 Å². The number of rotatable bonds is 8. The van der Waals surface area contributed by atoms with Gasteiger partial charge in [0.25, 0.3) is 5.91 Å². The fourth-order valence-corrected chi connectivity index (χ4v) is 3.94. The zero-order valence-corrected chi connectivity index (χ0v) is 20.9. The third-order valence-corrected chi connectivity index (χ3v) is 5.92. The highest BCUT2D eigenvalue weighted by molar-refractivity contribution is 6.01.